The van der Waals surface area contributed by atoms with Crippen LogP contribution in [0.3, 0.4) is 0 Å². The van der Waals surface area contributed by atoms with E-state index < -0.39 is 5.79 Å². The fraction of sp³-hybridized carbons (Fsp3) is 1.00. The van der Waals surface area contributed by atoms with Crippen LogP contribution in [0.5, 0.6) is 0 Å². The SMILES string of the molecule is CC1(C)CCC([C@H]2O[C@@H]3OC(C)(C)O[C@@H]3[C@@H]2CN=[N+]=[N-])C1. The van der Waals surface area contributed by atoms with Gasteiger partial charge in [-0.1, -0.05) is 19.0 Å². The van der Waals surface area contributed by atoms with E-state index in [0.717, 1.165) is 12.8 Å². The Bertz CT molecular complexity index is 459. The lowest BCUT2D eigenvalue weighted by Crippen LogP contribution is -2.35. The molecule has 118 valence electrons. The average molecular weight is 295 g/mol. The molecule has 0 N–H and O–H groups in total. The summed E-state index contributed by atoms with van der Waals surface area (Å²) in [4.78, 5) is 2.91. The summed E-state index contributed by atoms with van der Waals surface area (Å²) in [7, 11) is 0. The average Bonchev–Trinajstić information content (AvgIpc) is 2.96. The third-order valence-electron chi connectivity index (χ3n) is 5.05. The molecule has 6 nitrogen and oxygen atoms in total. The second-order valence-corrected chi connectivity index (χ2v) is 7.81. The summed E-state index contributed by atoms with van der Waals surface area (Å²) in [6.07, 6.45) is 3.14. The molecule has 3 fully saturated rings. The third-order valence-corrected chi connectivity index (χ3v) is 5.05. The Morgan fingerprint density at radius 1 is 1.19 bits per heavy atom. The largest absolute Gasteiger partial charge is 0.346 e. The molecule has 0 amide bonds. The fourth-order valence-electron chi connectivity index (χ4n) is 4.16. The Hall–Kier alpha value is -0.810. The van der Waals surface area contributed by atoms with Crippen LogP contribution < -0.4 is 0 Å². The lowest BCUT2D eigenvalue weighted by atomic mass is 9.84. The minimum Gasteiger partial charge on any atom is -0.346 e. The standard InChI is InChI=1S/C15H25N3O3/c1-14(2)6-5-9(7-14)11-10(8-17-18-16)12-13(19-11)21-15(3,4)20-12/h9-13H,5-8H2,1-4H3/t9?,10-,11-,12-,13-/m1/s1. The zero-order valence-electron chi connectivity index (χ0n) is 13.3. The minimum atomic E-state index is -0.621. The van der Waals surface area contributed by atoms with E-state index in [0.29, 0.717) is 17.9 Å². The molecule has 2 saturated heterocycles. The molecule has 0 radical (unpaired) electrons. The first-order valence-corrected chi connectivity index (χ1v) is 7.83. The Morgan fingerprint density at radius 2 is 1.95 bits per heavy atom. The van der Waals surface area contributed by atoms with Gasteiger partial charge in [0.05, 0.1) is 6.10 Å². The van der Waals surface area contributed by atoms with E-state index in [-0.39, 0.29) is 24.4 Å². The van der Waals surface area contributed by atoms with Crippen LogP contribution in [-0.4, -0.2) is 30.8 Å². The van der Waals surface area contributed by atoms with E-state index >= 15 is 0 Å². The second kappa shape index (κ2) is 5.13. The van der Waals surface area contributed by atoms with Crippen molar-refractivity contribution in [3.63, 3.8) is 0 Å². The molecule has 5 atom stereocenters. The number of nitrogens with zero attached hydrogens (tertiary/aromatic N) is 3. The lowest BCUT2D eigenvalue weighted by Gasteiger charge is -2.29. The van der Waals surface area contributed by atoms with Gasteiger partial charge in [-0.2, -0.15) is 0 Å². The summed E-state index contributed by atoms with van der Waals surface area (Å²) in [6, 6.07) is 0. The highest BCUT2D eigenvalue weighted by molar-refractivity contribution is 4.99. The molecular weight excluding hydrogens is 270 g/mol. The topological polar surface area (TPSA) is 76.5 Å². The summed E-state index contributed by atoms with van der Waals surface area (Å²) in [6.45, 7) is 8.82. The maximum absolute atomic E-state index is 8.65. The molecule has 6 heteroatoms. The van der Waals surface area contributed by atoms with E-state index in [4.69, 9.17) is 19.7 Å². The zero-order valence-corrected chi connectivity index (χ0v) is 13.3. The first-order chi connectivity index (χ1) is 9.81. The molecule has 0 aromatic rings. The Morgan fingerprint density at radius 3 is 2.57 bits per heavy atom. The van der Waals surface area contributed by atoms with Gasteiger partial charge in [0, 0.05) is 17.4 Å². The van der Waals surface area contributed by atoms with Gasteiger partial charge in [0.25, 0.3) is 0 Å². The summed E-state index contributed by atoms with van der Waals surface area (Å²) >= 11 is 0. The van der Waals surface area contributed by atoms with Crippen LogP contribution >= 0.6 is 0 Å². The quantitative estimate of drug-likeness (QED) is 0.453. The predicted molar refractivity (Wildman–Crippen MR) is 77.3 cm³/mol. The van der Waals surface area contributed by atoms with Gasteiger partial charge in [0.1, 0.15) is 6.10 Å². The van der Waals surface area contributed by atoms with Crippen molar-refractivity contribution in [1.82, 2.24) is 0 Å². The van der Waals surface area contributed by atoms with Gasteiger partial charge >= 0.3 is 0 Å². The van der Waals surface area contributed by atoms with Crippen LogP contribution in [-0.2, 0) is 14.2 Å². The molecule has 3 rings (SSSR count). The molecule has 2 heterocycles. The number of azide groups is 1. The molecule has 0 spiro atoms. The Balaban J connectivity index is 1.76. The van der Waals surface area contributed by atoms with Gasteiger partial charge in [0.2, 0.25) is 0 Å². The first kappa shape index (κ1) is 15.1. The van der Waals surface area contributed by atoms with Crippen molar-refractivity contribution in [2.75, 3.05) is 6.54 Å². The van der Waals surface area contributed by atoms with Crippen molar-refractivity contribution in [3.05, 3.63) is 10.4 Å². The number of ether oxygens (including phenoxy) is 3. The van der Waals surface area contributed by atoms with E-state index in [2.05, 4.69) is 23.9 Å². The molecule has 1 unspecified atom stereocenters. The van der Waals surface area contributed by atoms with Gasteiger partial charge in [-0.25, -0.2) is 0 Å². The highest BCUT2D eigenvalue weighted by Gasteiger charge is 2.56. The fourth-order valence-corrected chi connectivity index (χ4v) is 4.16. The molecule has 21 heavy (non-hydrogen) atoms. The molecule has 1 saturated carbocycles. The van der Waals surface area contributed by atoms with Crippen LogP contribution in [0.1, 0.15) is 47.0 Å². The summed E-state index contributed by atoms with van der Waals surface area (Å²) in [5.74, 6) is -0.0319. The van der Waals surface area contributed by atoms with E-state index in [1.807, 2.05) is 13.8 Å². The van der Waals surface area contributed by atoms with Crippen molar-refractivity contribution in [1.29, 1.82) is 0 Å². The highest BCUT2D eigenvalue weighted by atomic mass is 16.8. The maximum Gasteiger partial charge on any atom is 0.187 e. The summed E-state index contributed by atoms with van der Waals surface area (Å²) in [5.41, 5.74) is 9.02. The predicted octanol–water partition coefficient (Wildman–Crippen LogP) is 3.62. The molecule has 0 bridgehead atoms. The molecule has 2 aliphatic heterocycles. The molecule has 0 aromatic heterocycles. The van der Waals surface area contributed by atoms with Crippen LogP contribution in [0.25, 0.3) is 10.4 Å². The van der Waals surface area contributed by atoms with Crippen molar-refractivity contribution in [2.24, 2.45) is 22.4 Å². The Kier molecular flexibility index (Phi) is 3.69. The van der Waals surface area contributed by atoms with Gasteiger partial charge in [-0.15, -0.1) is 0 Å². The van der Waals surface area contributed by atoms with E-state index in [1.54, 1.807) is 0 Å². The van der Waals surface area contributed by atoms with Crippen molar-refractivity contribution < 1.29 is 14.2 Å². The van der Waals surface area contributed by atoms with Crippen LogP contribution in [0.4, 0.5) is 0 Å². The van der Waals surface area contributed by atoms with Gasteiger partial charge in [-0.3, -0.25) is 0 Å². The van der Waals surface area contributed by atoms with Gasteiger partial charge in [0.15, 0.2) is 12.1 Å². The zero-order chi connectivity index (χ0) is 15.3. The molecule has 1 aliphatic carbocycles. The third kappa shape index (κ3) is 2.90. The normalized spacial score (nSPS) is 43.5. The number of hydrogen-bond acceptors (Lipinski definition) is 4. The minimum absolute atomic E-state index is 0.0726. The van der Waals surface area contributed by atoms with Crippen LogP contribution in [0.2, 0.25) is 0 Å². The molecular formula is C15H25N3O3. The second-order valence-electron chi connectivity index (χ2n) is 7.81. The lowest BCUT2D eigenvalue weighted by molar-refractivity contribution is -0.215. The van der Waals surface area contributed by atoms with Gasteiger partial charge in [-0.05, 0) is 50.0 Å². The number of hydrogen-bond donors (Lipinski definition) is 0. The Labute approximate surface area is 125 Å². The van der Waals surface area contributed by atoms with E-state index in [1.165, 1.54) is 6.42 Å². The van der Waals surface area contributed by atoms with Crippen molar-refractivity contribution >= 4 is 0 Å². The maximum atomic E-state index is 8.65. The van der Waals surface area contributed by atoms with E-state index in [9.17, 15) is 0 Å². The van der Waals surface area contributed by atoms with Crippen LogP contribution in [0.15, 0.2) is 5.11 Å². The molecule has 0 aromatic carbocycles. The van der Waals surface area contributed by atoms with Crippen molar-refractivity contribution in [2.45, 2.75) is 71.2 Å². The molecule has 3 aliphatic rings. The number of rotatable bonds is 3. The highest BCUT2D eigenvalue weighted by Crippen LogP contribution is 2.50. The summed E-state index contributed by atoms with van der Waals surface area (Å²) in [5, 5.41) is 3.78. The first-order valence-electron chi connectivity index (χ1n) is 7.83. The monoisotopic (exact) mass is 295 g/mol. The van der Waals surface area contributed by atoms with Gasteiger partial charge < -0.3 is 14.2 Å². The summed E-state index contributed by atoms with van der Waals surface area (Å²) < 4.78 is 18.0. The smallest absolute Gasteiger partial charge is 0.187 e. The number of fused-ring (bicyclic) bond motifs is 1. The van der Waals surface area contributed by atoms with Crippen molar-refractivity contribution in [3.8, 4) is 0 Å². The van der Waals surface area contributed by atoms with Crippen LogP contribution in [0, 0.1) is 17.3 Å².